The normalized spacial score (nSPS) is 19.3. The zero-order chi connectivity index (χ0) is 31.1. The zero-order valence-electron chi connectivity index (χ0n) is 23.7. The smallest absolute Gasteiger partial charge is 0.378 e. The fraction of sp³-hybridized carbons (Fsp3) is 0.429. The fourth-order valence-electron chi connectivity index (χ4n) is 5.20. The number of pyridine rings is 1. The Kier molecular flexibility index (Phi) is 8.38. The van der Waals surface area contributed by atoms with Crippen molar-refractivity contribution in [1.82, 2.24) is 19.4 Å². The Morgan fingerprint density at radius 2 is 1.74 bits per heavy atom. The van der Waals surface area contributed by atoms with Gasteiger partial charge in [-0.3, -0.25) is 9.59 Å². The number of carbonyl (C=O) groups excluding carboxylic acids is 1. The second-order valence-corrected chi connectivity index (χ2v) is 10.7. The van der Waals surface area contributed by atoms with Crippen LogP contribution in [0.2, 0.25) is 0 Å². The maximum absolute atomic E-state index is 15.6. The van der Waals surface area contributed by atoms with Crippen molar-refractivity contribution < 1.29 is 31.5 Å². The first-order chi connectivity index (χ1) is 20.3. The molecule has 1 amide bonds. The predicted octanol–water partition coefficient (Wildman–Crippen LogP) is 3.18. The molecule has 3 aromatic rings. The Labute approximate surface area is 243 Å². The molecule has 15 heteroatoms. The van der Waals surface area contributed by atoms with Gasteiger partial charge >= 0.3 is 6.18 Å². The van der Waals surface area contributed by atoms with Gasteiger partial charge in [0.15, 0.2) is 0 Å². The monoisotopic (exact) mass is 607 g/mol. The second-order valence-electron chi connectivity index (χ2n) is 10.7. The van der Waals surface area contributed by atoms with Crippen molar-refractivity contribution in [2.24, 2.45) is 7.05 Å². The van der Waals surface area contributed by atoms with E-state index < -0.39 is 46.8 Å². The number of likely N-dealkylation sites (N-methyl/N-ethyl adjacent to an activating group) is 1. The maximum atomic E-state index is 15.6. The summed E-state index contributed by atoms with van der Waals surface area (Å²) in [6, 6.07) is 2.18. The number of aryl methyl sites for hydroxylation is 1. The van der Waals surface area contributed by atoms with Gasteiger partial charge in [0.2, 0.25) is 5.95 Å². The average Bonchev–Trinajstić information content (AvgIpc) is 3.36. The number of hydrogen-bond donors (Lipinski definition) is 1. The van der Waals surface area contributed by atoms with Crippen LogP contribution in [0.15, 0.2) is 41.6 Å². The molecule has 43 heavy (non-hydrogen) atoms. The van der Waals surface area contributed by atoms with Crippen molar-refractivity contribution in [3.05, 3.63) is 64.1 Å². The predicted molar refractivity (Wildman–Crippen MR) is 150 cm³/mol. The highest BCUT2D eigenvalue weighted by Crippen LogP contribution is 2.38. The van der Waals surface area contributed by atoms with Gasteiger partial charge in [-0.1, -0.05) is 0 Å². The number of carbonyl (C=O) groups is 1. The Morgan fingerprint density at radius 3 is 2.35 bits per heavy atom. The molecule has 2 unspecified atom stereocenters. The summed E-state index contributed by atoms with van der Waals surface area (Å²) in [4.78, 5) is 39.1. The van der Waals surface area contributed by atoms with Crippen LogP contribution in [0.4, 0.5) is 39.3 Å². The third kappa shape index (κ3) is 6.32. The van der Waals surface area contributed by atoms with E-state index in [0.29, 0.717) is 38.3 Å². The van der Waals surface area contributed by atoms with Gasteiger partial charge in [0.1, 0.15) is 12.0 Å². The maximum Gasteiger partial charge on any atom is 0.417 e. The average molecular weight is 608 g/mol. The first-order valence-electron chi connectivity index (χ1n) is 13.5. The minimum atomic E-state index is -4.99. The van der Waals surface area contributed by atoms with Crippen LogP contribution in [-0.4, -0.2) is 91.0 Å². The van der Waals surface area contributed by atoms with E-state index >= 15 is 4.39 Å². The van der Waals surface area contributed by atoms with E-state index in [4.69, 9.17) is 4.74 Å². The van der Waals surface area contributed by atoms with Crippen LogP contribution in [0.1, 0.15) is 15.9 Å². The summed E-state index contributed by atoms with van der Waals surface area (Å²) in [5.41, 5.74) is -2.90. The highest BCUT2D eigenvalue weighted by atomic mass is 19.4. The molecule has 10 nitrogen and oxygen atoms in total. The molecule has 1 aromatic carbocycles. The van der Waals surface area contributed by atoms with Gasteiger partial charge in [-0.05, 0) is 26.2 Å². The van der Waals surface area contributed by atoms with E-state index in [1.165, 1.54) is 30.4 Å². The third-order valence-corrected chi connectivity index (χ3v) is 7.58. The summed E-state index contributed by atoms with van der Waals surface area (Å²) in [7, 11) is 4.62. The number of morpholine rings is 1. The van der Waals surface area contributed by atoms with Crippen LogP contribution in [0.25, 0.3) is 11.1 Å². The molecule has 230 valence electrons. The van der Waals surface area contributed by atoms with Gasteiger partial charge in [0, 0.05) is 62.5 Å². The van der Waals surface area contributed by atoms with Gasteiger partial charge in [-0.15, -0.1) is 0 Å². The van der Waals surface area contributed by atoms with Gasteiger partial charge < -0.3 is 29.3 Å². The lowest BCUT2D eigenvalue weighted by Gasteiger charge is -2.26. The van der Waals surface area contributed by atoms with E-state index in [1.54, 1.807) is 19.0 Å². The van der Waals surface area contributed by atoms with Crippen LogP contribution in [-0.2, 0) is 18.0 Å². The van der Waals surface area contributed by atoms with Crippen LogP contribution < -0.4 is 20.7 Å². The Bertz CT molecular complexity index is 1560. The molecule has 2 saturated heterocycles. The number of nitrogens with zero attached hydrogens (tertiary/aromatic N) is 6. The third-order valence-electron chi connectivity index (χ3n) is 7.58. The van der Waals surface area contributed by atoms with E-state index in [-0.39, 0.29) is 35.6 Å². The lowest BCUT2D eigenvalue weighted by atomic mass is 10.0. The van der Waals surface area contributed by atoms with E-state index in [1.807, 2.05) is 4.90 Å². The summed E-state index contributed by atoms with van der Waals surface area (Å²) >= 11 is 0. The standard InChI is InChI=1S/C28H30F5N7O3/c1-37(2)24-15-40(14-21(24)30)23-10-20(29)17(16-11-34-27(35-12-16)39-4-6-43-7-5-39)8-22(23)36-26(42)18-13-38(3)25(41)9-19(18)28(31,32)33/h8-13,21,24H,4-7,14-15H2,1-3H3,(H,36,42). The number of anilines is 3. The lowest BCUT2D eigenvalue weighted by molar-refractivity contribution is -0.138. The molecule has 5 rings (SSSR count). The second kappa shape index (κ2) is 11.9. The molecule has 2 aliphatic heterocycles. The number of alkyl halides is 4. The molecule has 4 heterocycles. The number of amides is 1. The number of benzene rings is 1. The summed E-state index contributed by atoms with van der Waals surface area (Å²) < 4.78 is 78.1. The van der Waals surface area contributed by atoms with Gasteiger partial charge in [0.25, 0.3) is 11.5 Å². The van der Waals surface area contributed by atoms with Crippen LogP contribution in [0, 0.1) is 5.82 Å². The van der Waals surface area contributed by atoms with Crippen LogP contribution >= 0.6 is 0 Å². The van der Waals surface area contributed by atoms with E-state index in [2.05, 4.69) is 15.3 Å². The molecule has 1 N–H and O–H groups in total. The molecule has 2 aromatic heterocycles. The zero-order valence-corrected chi connectivity index (χ0v) is 23.7. The SMILES string of the molecule is CN(C)C1CN(c2cc(F)c(-c3cnc(N4CCOCC4)nc3)cc2NC(=O)c2cn(C)c(=O)cc2C(F)(F)F)CC1F. The largest absolute Gasteiger partial charge is 0.417 e. The highest BCUT2D eigenvalue weighted by Gasteiger charge is 2.38. The number of aromatic nitrogens is 3. The number of halogens is 5. The number of hydrogen-bond acceptors (Lipinski definition) is 8. The molecule has 2 atom stereocenters. The molecule has 0 bridgehead atoms. The molecule has 0 spiro atoms. The van der Waals surface area contributed by atoms with Gasteiger partial charge in [0.05, 0.1) is 48.3 Å². The topological polar surface area (TPSA) is 95.8 Å². The summed E-state index contributed by atoms with van der Waals surface area (Å²) in [5, 5.41) is 2.46. The minimum absolute atomic E-state index is 0.0239. The Hall–Kier alpha value is -4.11. The van der Waals surface area contributed by atoms with E-state index in [9.17, 15) is 27.2 Å². The molecule has 0 radical (unpaired) electrons. The molecule has 2 fully saturated rings. The van der Waals surface area contributed by atoms with Gasteiger partial charge in [-0.25, -0.2) is 18.7 Å². The van der Waals surface area contributed by atoms with E-state index in [0.717, 1.165) is 16.8 Å². The molecule has 2 aliphatic rings. The summed E-state index contributed by atoms with van der Waals surface area (Å²) in [6.07, 6.45) is -2.69. The Morgan fingerprint density at radius 1 is 1.07 bits per heavy atom. The number of rotatable bonds is 6. The first-order valence-corrected chi connectivity index (χ1v) is 13.5. The van der Waals surface area contributed by atoms with Crippen molar-refractivity contribution in [3.8, 4) is 11.1 Å². The van der Waals surface area contributed by atoms with Crippen molar-refractivity contribution in [3.63, 3.8) is 0 Å². The minimum Gasteiger partial charge on any atom is -0.378 e. The van der Waals surface area contributed by atoms with Crippen molar-refractivity contribution in [1.29, 1.82) is 0 Å². The molecule has 0 saturated carbocycles. The highest BCUT2D eigenvalue weighted by molar-refractivity contribution is 6.07. The van der Waals surface area contributed by atoms with Crippen molar-refractivity contribution in [2.75, 3.05) is 68.6 Å². The molecule has 0 aliphatic carbocycles. The van der Waals surface area contributed by atoms with Crippen molar-refractivity contribution in [2.45, 2.75) is 18.4 Å². The van der Waals surface area contributed by atoms with Crippen molar-refractivity contribution >= 4 is 23.2 Å². The van der Waals surface area contributed by atoms with Crippen LogP contribution in [0.3, 0.4) is 0 Å². The molecular weight excluding hydrogens is 577 g/mol. The fourth-order valence-corrected chi connectivity index (χ4v) is 5.20. The molecular formula is C28H30F5N7O3. The number of ether oxygens (including phenoxy) is 1. The first kappa shape index (κ1) is 30.4. The van der Waals surface area contributed by atoms with Crippen LogP contribution in [0.5, 0.6) is 0 Å². The lowest BCUT2D eigenvalue weighted by Crippen LogP contribution is -2.37. The Balaban J connectivity index is 1.55. The van der Waals surface area contributed by atoms with Gasteiger partial charge in [-0.2, -0.15) is 13.2 Å². The summed E-state index contributed by atoms with van der Waals surface area (Å²) in [6.45, 7) is 2.21. The number of nitrogens with one attached hydrogen (secondary N) is 1. The summed E-state index contributed by atoms with van der Waals surface area (Å²) in [5.74, 6) is -1.48. The quantitative estimate of drug-likeness (QED) is 0.428.